The first-order valence-corrected chi connectivity index (χ1v) is 5.68. The number of aryl methyl sites for hydroxylation is 2. The van der Waals surface area contributed by atoms with Gasteiger partial charge in [0.15, 0.2) is 0 Å². The number of halogens is 1. The Kier molecular flexibility index (Phi) is 2.75. The Morgan fingerprint density at radius 2 is 1.87 bits per heavy atom. The van der Waals surface area contributed by atoms with Gasteiger partial charge in [-0.15, -0.1) is 0 Å². The van der Waals surface area contributed by atoms with Gasteiger partial charge in [0.25, 0.3) is 0 Å². The van der Waals surface area contributed by atoms with Gasteiger partial charge in [0, 0.05) is 17.2 Å². The van der Waals surface area contributed by atoms with Crippen LogP contribution in [0.5, 0.6) is 0 Å². The minimum absolute atomic E-state index is 0.704. The highest BCUT2D eigenvalue weighted by molar-refractivity contribution is 9.10. The molecule has 0 saturated heterocycles. The summed E-state index contributed by atoms with van der Waals surface area (Å²) in [6, 6.07) is 8.00. The maximum Gasteiger partial charge on any atom is 0.202 e. The van der Waals surface area contributed by atoms with E-state index in [1.807, 2.05) is 42.8 Å². The molecule has 2 aromatic rings. The smallest absolute Gasteiger partial charge is 0.202 e. The normalized spacial score (nSPS) is 10.6. The maximum absolute atomic E-state index is 5.28. The molecule has 0 fully saturated rings. The molecule has 0 bridgehead atoms. The lowest BCUT2D eigenvalue weighted by Gasteiger charge is -2.03. The Morgan fingerprint density at radius 3 is 2.33 bits per heavy atom. The predicted molar refractivity (Wildman–Crippen MR) is 65.8 cm³/mol. The SMILES string of the molecule is Cc1nn(C)c(=S)n1-c1ccc(Br)cc1. The van der Waals surface area contributed by atoms with Crippen molar-refractivity contribution in [1.29, 1.82) is 0 Å². The van der Waals surface area contributed by atoms with E-state index >= 15 is 0 Å². The highest BCUT2D eigenvalue weighted by atomic mass is 79.9. The molecule has 0 N–H and O–H groups in total. The second kappa shape index (κ2) is 3.90. The summed E-state index contributed by atoms with van der Waals surface area (Å²) in [5, 5.41) is 4.27. The van der Waals surface area contributed by atoms with Gasteiger partial charge in [-0.05, 0) is 43.4 Å². The van der Waals surface area contributed by atoms with Crippen LogP contribution in [0.15, 0.2) is 28.7 Å². The van der Waals surface area contributed by atoms with Crippen molar-refractivity contribution in [1.82, 2.24) is 14.3 Å². The van der Waals surface area contributed by atoms with Gasteiger partial charge in [-0.25, -0.2) is 4.68 Å². The molecule has 0 aliphatic heterocycles. The number of nitrogens with zero attached hydrogens (tertiary/aromatic N) is 3. The first-order chi connectivity index (χ1) is 7.09. The van der Waals surface area contributed by atoms with Crippen LogP contribution in [0.1, 0.15) is 5.82 Å². The number of benzene rings is 1. The molecule has 0 amide bonds. The van der Waals surface area contributed by atoms with Gasteiger partial charge in [0.1, 0.15) is 5.82 Å². The second-order valence-corrected chi connectivity index (χ2v) is 4.55. The molecular weight excluding hydrogens is 274 g/mol. The van der Waals surface area contributed by atoms with Crippen molar-refractivity contribution >= 4 is 28.1 Å². The van der Waals surface area contributed by atoms with E-state index in [9.17, 15) is 0 Å². The largest absolute Gasteiger partial charge is 0.272 e. The quantitative estimate of drug-likeness (QED) is 0.751. The highest BCUT2D eigenvalue weighted by Gasteiger charge is 2.05. The Bertz CT molecular complexity index is 539. The van der Waals surface area contributed by atoms with E-state index < -0.39 is 0 Å². The molecule has 0 aliphatic carbocycles. The van der Waals surface area contributed by atoms with Gasteiger partial charge in [0.05, 0.1) is 0 Å². The molecule has 3 nitrogen and oxygen atoms in total. The highest BCUT2D eigenvalue weighted by Crippen LogP contribution is 2.15. The van der Waals surface area contributed by atoms with E-state index in [0.717, 1.165) is 16.0 Å². The lowest BCUT2D eigenvalue weighted by atomic mass is 10.3. The molecule has 1 heterocycles. The van der Waals surface area contributed by atoms with E-state index in [0.29, 0.717) is 4.77 Å². The van der Waals surface area contributed by atoms with Crippen LogP contribution in [0, 0.1) is 11.7 Å². The lowest BCUT2D eigenvalue weighted by Crippen LogP contribution is -1.97. The number of aromatic nitrogens is 3. The summed E-state index contributed by atoms with van der Waals surface area (Å²) in [4.78, 5) is 0. The fourth-order valence-corrected chi connectivity index (χ4v) is 2.02. The number of hydrogen-bond acceptors (Lipinski definition) is 2. The summed E-state index contributed by atoms with van der Waals surface area (Å²) in [5.74, 6) is 0.893. The Hall–Kier alpha value is -0.940. The minimum atomic E-state index is 0.704. The average Bonchev–Trinajstić information content (AvgIpc) is 2.44. The van der Waals surface area contributed by atoms with Gasteiger partial charge in [0.2, 0.25) is 4.77 Å². The van der Waals surface area contributed by atoms with E-state index in [4.69, 9.17) is 12.2 Å². The van der Waals surface area contributed by atoms with Crippen molar-refractivity contribution in [2.75, 3.05) is 0 Å². The minimum Gasteiger partial charge on any atom is -0.272 e. The molecule has 2 rings (SSSR count). The van der Waals surface area contributed by atoms with Crippen LogP contribution in [0.25, 0.3) is 5.69 Å². The van der Waals surface area contributed by atoms with Crippen molar-refractivity contribution in [2.45, 2.75) is 6.92 Å². The molecule has 5 heteroatoms. The standard InChI is InChI=1S/C10H10BrN3S/c1-7-12-13(2)10(15)14(7)9-5-3-8(11)4-6-9/h3-6H,1-2H3. The van der Waals surface area contributed by atoms with E-state index in [1.54, 1.807) is 4.68 Å². The number of hydrogen-bond donors (Lipinski definition) is 0. The molecule has 15 heavy (non-hydrogen) atoms. The molecule has 0 atom stereocenters. The molecule has 0 spiro atoms. The zero-order chi connectivity index (χ0) is 11.0. The first-order valence-electron chi connectivity index (χ1n) is 4.48. The molecule has 0 unspecified atom stereocenters. The molecule has 0 aliphatic rings. The third-order valence-electron chi connectivity index (χ3n) is 2.17. The van der Waals surface area contributed by atoms with E-state index in [-0.39, 0.29) is 0 Å². The van der Waals surface area contributed by atoms with Gasteiger partial charge < -0.3 is 0 Å². The van der Waals surface area contributed by atoms with Crippen LogP contribution in [0.4, 0.5) is 0 Å². The molecule has 0 radical (unpaired) electrons. The Balaban J connectivity index is 2.64. The van der Waals surface area contributed by atoms with Gasteiger partial charge >= 0.3 is 0 Å². The molecule has 1 aromatic carbocycles. The first kappa shape index (κ1) is 10.6. The van der Waals surface area contributed by atoms with Crippen molar-refractivity contribution < 1.29 is 0 Å². The Labute approximate surface area is 101 Å². The van der Waals surface area contributed by atoms with Crippen LogP contribution in [-0.4, -0.2) is 14.3 Å². The second-order valence-electron chi connectivity index (χ2n) is 3.27. The molecule has 1 aromatic heterocycles. The van der Waals surface area contributed by atoms with Crippen LogP contribution in [-0.2, 0) is 7.05 Å². The van der Waals surface area contributed by atoms with Crippen molar-refractivity contribution in [3.8, 4) is 5.69 Å². The summed E-state index contributed by atoms with van der Waals surface area (Å²) < 4.78 is 5.41. The van der Waals surface area contributed by atoms with Crippen LogP contribution in [0.3, 0.4) is 0 Å². The summed E-state index contributed by atoms with van der Waals surface area (Å²) in [7, 11) is 1.85. The van der Waals surface area contributed by atoms with Gasteiger partial charge in [-0.2, -0.15) is 5.10 Å². The van der Waals surface area contributed by atoms with Gasteiger partial charge in [-0.3, -0.25) is 4.57 Å². The Morgan fingerprint density at radius 1 is 1.27 bits per heavy atom. The van der Waals surface area contributed by atoms with Gasteiger partial charge in [-0.1, -0.05) is 15.9 Å². The van der Waals surface area contributed by atoms with E-state index in [2.05, 4.69) is 21.0 Å². The molecule has 0 saturated carbocycles. The van der Waals surface area contributed by atoms with Crippen LogP contribution < -0.4 is 0 Å². The lowest BCUT2D eigenvalue weighted by molar-refractivity contribution is 0.743. The van der Waals surface area contributed by atoms with Crippen molar-refractivity contribution in [3.63, 3.8) is 0 Å². The molecular formula is C10H10BrN3S. The zero-order valence-electron chi connectivity index (χ0n) is 8.44. The summed E-state index contributed by atoms with van der Waals surface area (Å²) in [6.07, 6.45) is 0. The number of rotatable bonds is 1. The average molecular weight is 284 g/mol. The summed E-state index contributed by atoms with van der Waals surface area (Å²) in [6.45, 7) is 1.94. The topological polar surface area (TPSA) is 22.8 Å². The van der Waals surface area contributed by atoms with Crippen molar-refractivity contribution in [2.24, 2.45) is 7.05 Å². The molecule has 78 valence electrons. The monoisotopic (exact) mass is 283 g/mol. The van der Waals surface area contributed by atoms with Crippen molar-refractivity contribution in [3.05, 3.63) is 39.3 Å². The third kappa shape index (κ3) is 1.89. The summed E-state index contributed by atoms with van der Waals surface area (Å²) in [5.41, 5.74) is 1.04. The zero-order valence-corrected chi connectivity index (χ0v) is 10.8. The predicted octanol–water partition coefficient (Wildman–Crippen LogP) is 3.01. The van der Waals surface area contributed by atoms with E-state index in [1.165, 1.54) is 0 Å². The summed E-state index contributed by atoms with van der Waals surface area (Å²) >= 11 is 8.68. The fraction of sp³-hybridized carbons (Fsp3) is 0.200. The fourth-order valence-electron chi connectivity index (χ4n) is 1.48. The van der Waals surface area contributed by atoms with Crippen LogP contribution in [0.2, 0.25) is 0 Å². The maximum atomic E-state index is 5.28. The third-order valence-corrected chi connectivity index (χ3v) is 3.15. The van der Waals surface area contributed by atoms with Crippen LogP contribution >= 0.6 is 28.1 Å².